The minimum atomic E-state index is -0.135. The quantitative estimate of drug-likeness (QED) is 0.637. The molecule has 1 aliphatic rings. The maximum atomic E-state index is 5.93. The first kappa shape index (κ1) is 16.0. The van der Waals surface area contributed by atoms with Crippen LogP contribution in [0.5, 0.6) is 0 Å². The van der Waals surface area contributed by atoms with E-state index in [0.717, 1.165) is 29.7 Å². The van der Waals surface area contributed by atoms with Crippen LogP contribution in [0, 0.1) is 5.92 Å². The minimum Gasteiger partial charge on any atom is -0.377 e. The number of hydrogen-bond acceptors (Lipinski definition) is 3. The zero-order chi connectivity index (χ0) is 14.6. The zero-order valence-corrected chi connectivity index (χ0v) is 13.9. The molecule has 1 fully saturated rings. The molecule has 1 atom stereocenters. The Labute approximate surface area is 130 Å². The van der Waals surface area contributed by atoms with Crippen molar-refractivity contribution in [1.82, 2.24) is 5.43 Å². The summed E-state index contributed by atoms with van der Waals surface area (Å²) in [5, 5.41) is 0. The van der Waals surface area contributed by atoms with E-state index in [1.807, 2.05) is 13.2 Å². The molecule has 2 rings (SSSR count). The number of hydrogen-bond donors (Lipinski definition) is 2. The predicted octanol–water partition coefficient (Wildman–Crippen LogP) is 3.42. The molecule has 0 saturated heterocycles. The maximum absolute atomic E-state index is 5.93. The number of halogens is 1. The Balaban J connectivity index is 2.13. The van der Waals surface area contributed by atoms with Crippen LogP contribution in [0.15, 0.2) is 28.7 Å². The molecule has 1 aromatic carbocycles. The van der Waals surface area contributed by atoms with Gasteiger partial charge in [-0.05, 0) is 55.7 Å². The first-order chi connectivity index (χ1) is 9.59. The molecule has 1 aliphatic carbocycles. The van der Waals surface area contributed by atoms with Gasteiger partial charge in [0.2, 0.25) is 0 Å². The Hall–Kier alpha value is -0.420. The molecule has 0 amide bonds. The fraction of sp³-hybridized carbons (Fsp3) is 0.625. The van der Waals surface area contributed by atoms with Gasteiger partial charge in [0.05, 0.1) is 11.6 Å². The average Bonchev–Trinajstić information content (AvgIpc) is 2.46. The van der Waals surface area contributed by atoms with E-state index in [0.29, 0.717) is 0 Å². The molecule has 3 N–H and O–H groups in total. The summed E-state index contributed by atoms with van der Waals surface area (Å²) in [6, 6.07) is 8.55. The lowest BCUT2D eigenvalue weighted by molar-refractivity contribution is -0.0746. The van der Waals surface area contributed by atoms with Crippen LogP contribution in [0.1, 0.15) is 38.2 Å². The highest BCUT2D eigenvalue weighted by Crippen LogP contribution is 2.37. The largest absolute Gasteiger partial charge is 0.377 e. The summed E-state index contributed by atoms with van der Waals surface area (Å²) in [5.41, 5.74) is 4.15. The van der Waals surface area contributed by atoms with Crippen molar-refractivity contribution in [2.24, 2.45) is 11.8 Å². The van der Waals surface area contributed by atoms with Gasteiger partial charge in [0, 0.05) is 11.6 Å². The second kappa shape index (κ2) is 7.03. The molecule has 0 aliphatic heterocycles. The summed E-state index contributed by atoms with van der Waals surface area (Å²) in [6.45, 7) is 2.32. The first-order valence-corrected chi connectivity index (χ1v) is 8.14. The highest BCUT2D eigenvalue weighted by Gasteiger charge is 2.41. The summed E-state index contributed by atoms with van der Waals surface area (Å²) >= 11 is 3.53. The number of nitrogens with two attached hydrogens (primary N) is 1. The number of ether oxygens (including phenoxy) is 1. The lowest BCUT2D eigenvalue weighted by Gasteiger charge is -2.44. The maximum Gasteiger partial charge on any atom is 0.0847 e. The number of benzene rings is 1. The van der Waals surface area contributed by atoms with Crippen molar-refractivity contribution in [3.63, 3.8) is 0 Å². The van der Waals surface area contributed by atoms with E-state index in [4.69, 9.17) is 10.6 Å². The molecular weight excluding hydrogens is 316 g/mol. The third-order valence-corrected chi connectivity index (χ3v) is 5.19. The van der Waals surface area contributed by atoms with E-state index in [1.165, 1.54) is 18.4 Å². The number of methoxy groups -OCH3 is 1. The molecule has 0 aromatic heterocycles. The molecule has 0 radical (unpaired) electrons. The Morgan fingerprint density at radius 3 is 2.70 bits per heavy atom. The highest BCUT2D eigenvalue weighted by molar-refractivity contribution is 9.10. The van der Waals surface area contributed by atoms with E-state index in [9.17, 15) is 0 Å². The molecule has 0 spiro atoms. The van der Waals surface area contributed by atoms with Crippen LogP contribution in [0.3, 0.4) is 0 Å². The smallest absolute Gasteiger partial charge is 0.0847 e. The third-order valence-electron chi connectivity index (χ3n) is 4.69. The molecule has 0 heterocycles. The monoisotopic (exact) mass is 340 g/mol. The molecule has 112 valence electrons. The van der Waals surface area contributed by atoms with Crippen LogP contribution in [0.4, 0.5) is 0 Å². The van der Waals surface area contributed by atoms with Crippen molar-refractivity contribution in [1.29, 1.82) is 0 Å². The molecule has 1 saturated carbocycles. The Kier molecular flexibility index (Phi) is 5.61. The highest BCUT2D eigenvalue weighted by atomic mass is 79.9. The van der Waals surface area contributed by atoms with Crippen LogP contribution in [-0.4, -0.2) is 18.8 Å². The molecule has 0 bridgehead atoms. The molecule has 3 nitrogen and oxygen atoms in total. The van der Waals surface area contributed by atoms with Crippen molar-refractivity contribution in [3.05, 3.63) is 34.3 Å². The number of nitrogens with one attached hydrogen (secondary N) is 1. The normalized spacial score (nSPS) is 28.3. The summed E-state index contributed by atoms with van der Waals surface area (Å²) < 4.78 is 7.03. The van der Waals surface area contributed by atoms with Gasteiger partial charge in [0.25, 0.3) is 0 Å². The predicted molar refractivity (Wildman–Crippen MR) is 86.3 cm³/mol. The SMILES string of the molecule is COC1(C(Cc2cccc(Br)c2)NN)CCC(C)CC1. The van der Waals surface area contributed by atoms with E-state index >= 15 is 0 Å². The van der Waals surface area contributed by atoms with Gasteiger partial charge >= 0.3 is 0 Å². The van der Waals surface area contributed by atoms with Gasteiger partial charge in [0.15, 0.2) is 0 Å². The van der Waals surface area contributed by atoms with Gasteiger partial charge < -0.3 is 4.74 Å². The van der Waals surface area contributed by atoms with E-state index in [2.05, 4.69) is 46.5 Å². The molecule has 1 unspecified atom stereocenters. The van der Waals surface area contributed by atoms with Crippen LogP contribution in [0.25, 0.3) is 0 Å². The van der Waals surface area contributed by atoms with Crippen LogP contribution < -0.4 is 11.3 Å². The lowest BCUT2D eigenvalue weighted by atomic mass is 9.74. The zero-order valence-electron chi connectivity index (χ0n) is 12.4. The summed E-state index contributed by atoms with van der Waals surface area (Å²) in [6.07, 6.45) is 5.47. The standard InChI is InChI=1S/C16H25BrN2O/c1-12-6-8-16(20-2,9-7-12)15(19-18)11-13-4-3-5-14(17)10-13/h3-5,10,12,15,19H,6-9,11,18H2,1-2H3. The topological polar surface area (TPSA) is 47.3 Å². The lowest BCUT2D eigenvalue weighted by Crippen LogP contribution is -2.57. The number of rotatable bonds is 5. The summed E-state index contributed by atoms with van der Waals surface area (Å²) in [4.78, 5) is 0. The summed E-state index contributed by atoms with van der Waals surface area (Å²) in [5.74, 6) is 6.64. The van der Waals surface area contributed by atoms with Gasteiger partial charge in [-0.3, -0.25) is 11.3 Å². The van der Waals surface area contributed by atoms with Gasteiger partial charge in [-0.15, -0.1) is 0 Å². The van der Waals surface area contributed by atoms with E-state index in [1.54, 1.807) is 0 Å². The average molecular weight is 341 g/mol. The molecule has 20 heavy (non-hydrogen) atoms. The summed E-state index contributed by atoms with van der Waals surface area (Å²) in [7, 11) is 1.82. The molecule has 1 aromatic rings. The fourth-order valence-electron chi connectivity index (χ4n) is 3.24. The van der Waals surface area contributed by atoms with Crippen molar-refractivity contribution >= 4 is 15.9 Å². The number of hydrazine groups is 1. The van der Waals surface area contributed by atoms with Gasteiger partial charge in [-0.1, -0.05) is 35.0 Å². The van der Waals surface area contributed by atoms with Crippen molar-refractivity contribution < 1.29 is 4.74 Å². The Bertz CT molecular complexity index is 430. The van der Waals surface area contributed by atoms with Gasteiger partial charge in [-0.25, -0.2) is 0 Å². The van der Waals surface area contributed by atoms with Gasteiger partial charge in [-0.2, -0.15) is 0 Å². The van der Waals surface area contributed by atoms with Gasteiger partial charge in [0.1, 0.15) is 0 Å². The molecule has 4 heteroatoms. The second-order valence-electron chi connectivity index (χ2n) is 6.00. The fourth-order valence-corrected chi connectivity index (χ4v) is 3.69. The van der Waals surface area contributed by atoms with Crippen molar-refractivity contribution in [2.75, 3.05) is 7.11 Å². The Morgan fingerprint density at radius 1 is 1.45 bits per heavy atom. The van der Waals surface area contributed by atoms with E-state index < -0.39 is 0 Å². The first-order valence-electron chi connectivity index (χ1n) is 7.35. The Morgan fingerprint density at radius 2 is 2.15 bits per heavy atom. The minimum absolute atomic E-state index is 0.135. The van der Waals surface area contributed by atoms with Crippen LogP contribution in [-0.2, 0) is 11.2 Å². The van der Waals surface area contributed by atoms with E-state index in [-0.39, 0.29) is 11.6 Å². The molecular formula is C16H25BrN2O. The third kappa shape index (κ3) is 3.61. The van der Waals surface area contributed by atoms with Crippen LogP contribution in [0.2, 0.25) is 0 Å². The van der Waals surface area contributed by atoms with Crippen molar-refractivity contribution in [3.8, 4) is 0 Å². The van der Waals surface area contributed by atoms with Crippen molar-refractivity contribution in [2.45, 2.75) is 50.7 Å². The second-order valence-corrected chi connectivity index (χ2v) is 6.92. The van der Waals surface area contributed by atoms with Crippen LogP contribution >= 0.6 is 15.9 Å².